The highest BCUT2D eigenvalue weighted by Crippen LogP contribution is 2.23. The van der Waals surface area contributed by atoms with E-state index in [-0.39, 0.29) is 23.2 Å². The Balaban J connectivity index is 1.65. The van der Waals surface area contributed by atoms with Crippen molar-refractivity contribution in [2.24, 2.45) is 0 Å². The maximum Gasteiger partial charge on any atom is 0.230 e. The monoisotopic (exact) mass is 415 g/mol. The highest BCUT2D eigenvalue weighted by Gasteiger charge is 2.37. The van der Waals surface area contributed by atoms with Crippen molar-refractivity contribution in [2.75, 3.05) is 17.3 Å². The molecule has 0 unspecified atom stereocenters. The first-order valence-corrected chi connectivity index (χ1v) is 11.1. The van der Waals surface area contributed by atoms with Gasteiger partial charge in [0.2, 0.25) is 11.1 Å². The number of thioether (sulfide) groups is 1. The summed E-state index contributed by atoms with van der Waals surface area (Å²) in [6.45, 7) is 3.98. The van der Waals surface area contributed by atoms with Crippen LogP contribution < -0.4 is 5.32 Å². The van der Waals surface area contributed by atoms with Gasteiger partial charge in [-0.25, -0.2) is 8.42 Å². The van der Waals surface area contributed by atoms with Crippen LogP contribution in [0.3, 0.4) is 0 Å². The Morgan fingerprint density at radius 2 is 2.15 bits per heavy atom. The molecule has 11 heteroatoms. The molecule has 0 radical (unpaired) electrons. The molecule has 1 aromatic heterocycles. The van der Waals surface area contributed by atoms with E-state index in [0.717, 1.165) is 16.8 Å². The van der Waals surface area contributed by atoms with Gasteiger partial charge in [-0.1, -0.05) is 23.9 Å². The van der Waals surface area contributed by atoms with Crippen LogP contribution in [-0.4, -0.2) is 63.2 Å². The molecule has 26 heavy (non-hydrogen) atoms. The lowest BCUT2D eigenvalue weighted by molar-refractivity contribution is -0.119. The van der Waals surface area contributed by atoms with Gasteiger partial charge in [0.1, 0.15) is 0 Å². The molecule has 0 spiro atoms. The van der Waals surface area contributed by atoms with E-state index in [0.29, 0.717) is 5.16 Å². The number of halogens is 1. The fourth-order valence-electron chi connectivity index (χ4n) is 2.70. The number of amides is 1. The van der Waals surface area contributed by atoms with E-state index in [2.05, 4.69) is 20.8 Å². The van der Waals surface area contributed by atoms with E-state index < -0.39 is 21.3 Å². The van der Waals surface area contributed by atoms with Gasteiger partial charge in [-0.15, -0.1) is 16.7 Å². The molecule has 0 bridgehead atoms. The maximum absolute atomic E-state index is 12.2. The number of carbonyl (C=O) groups excluding carboxylic acids is 1. The smallest absolute Gasteiger partial charge is 0.230 e. The molecular formula is C15H18ClN5O3S2. The van der Waals surface area contributed by atoms with Crippen LogP contribution in [0.15, 0.2) is 23.4 Å². The molecular weight excluding hydrogens is 398 g/mol. The molecule has 140 valence electrons. The summed E-state index contributed by atoms with van der Waals surface area (Å²) in [5.74, 6) is -0.487. The van der Waals surface area contributed by atoms with Crippen LogP contribution in [0.1, 0.15) is 11.1 Å². The number of aromatic nitrogens is 4. The normalized spacial score (nSPS) is 21.7. The summed E-state index contributed by atoms with van der Waals surface area (Å²) in [6, 6.07) is 5.26. The summed E-state index contributed by atoms with van der Waals surface area (Å²) >= 11 is 7.18. The Hall–Kier alpha value is -1.65. The number of nitrogens with one attached hydrogen (secondary N) is 1. The Morgan fingerprint density at radius 1 is 1.38 bits per heavy atom. The summed E-state index contributed by atoms with van der Waals surface area (Å²) in [5, 5.41) is 14.2. The highest BCUT2D eigenvalue weighted by molar-refractivity contribution is 7.99. The first-order chi connectivity index (χ1) is 12.3. The third kappa shape index (κ3) is 4.18. The number of nitrogens with zero attached hydrogens (tertiary/aromatic N) is 4. The summed E-state index contributed by atoms with van der Waals surface area (Å²) < 4.78 is 24.7. The summed E-state index contributed by atoms with van der Waals surface area (Å²) in [6.07, 6.45) is 0. The lowest BCUT2D eigenvalue weighted by Crippen LogP contribution is -2.41. The van der Waals surface area contributed by atoms with Crippen molar-refractivity contribution >= 4 is 39.1 Å². The van der Waals surface area contributed by atoms with Crippen LogP contribution in [0, 0.1) is 13.8 Å². The van der Waals surface area contributed by atoms with Crippen molar-refractivity contribution in [1.29, 1.82) is 0 Å². The molecule has 2 heterocycles. The fraction of sp³-hybridized carbons (Fsp3) is 0.467. The third-order valence-electron chi connectivity index (χ3n) is 4.21. The Labute approximate surface area is 160 Å². The van der Waals surface area contributed by atoms with Crippen LogP contribution in [0.2, 0.25) is 0 Å². The van der Waals surface area contributed by atoms with Gasteiger partial charge in [-0.3, -0.25) is 4.79 Å². The second kappa shape index (κ2) is 7.53. The average Bonchev–Trinajstić information content (AvgIpc) is 3.12. The largest absolute Gasteiger partial charge is 0.350 e. The molecule has 1 N–H and O–H groups in total. The molecule has 1 aromatic carbocycles. The fourth-order valence-corrected chi connectivity index (χ4v) is 5.95. The molecule has 1 saturated heterocycles. The zero-order valence-corrected chi connectivity index (χ0v) is 16.6. The Morgan fingerprint density at radius 3 is 2.85 bits per heavy atom. The van der Waals surface area contributed by atoms with E-state index in [1.807, 2.05) is 32.0 Å². The van der Waals surface area contributed by atoms with Crippen molar-refractivity contribution < 1.29 is 13.2 Å². The number of carbonyl (C=O) groups is 1. The minimum atomic E-state index is -3.19. The molecule has 3 rings (SSSR count). The second-order valence-electron chi connectivity index (χ2n) is 6.15. The van der Waals surface area contributed by atoms with Crippen molar-refractivity contribution in [3.63, 3.8) is 0 Å². The maximum atomic E-state index is 12.2. The minimum Gasteiger partial charge on any atom is -0.350 e. The zero-order chi connectivity index (χ0) is 18.9. The molecule has 1 aliphatic heterocycles. The predicted octanol–water partition coefficient (Wildman–Crippen LogP) is 0.892. The molecule has 1 aliphatic rings. The van der Waals surface area contributed by atoms with E-state index in [9.17, 15) is 13.2 Å². The Bertz CT molecular complexity index is 931. The zero-order valence-electron chi connectivity index (χ0n) is 14.2. The van der Waals surface area contributed by atoms with Gasteiger partial charge in [-0.2, -0.15) is 4.68 Å². The van der Waals surface area contributed by atoms with Gasteiger partial charge >= 0.3 is 0 Å². The quantitative estimate of drug-likeness (QED) is 0.570. The van der Waals surface area contributed by atoms with Gasteiger partial charge in [0.05, 0.1) is 34.4 Å². The molecule has 0 saturated carbocycles. The summed E-state index contributed by atoms with van der Waals surface area (Å²) in [7, 11) is -3.19. The number of alkyl halides is 1. The second-order valence-corrected chi connectivity index (χ2v) is 9.80. The third-order valence-corrected chi connectivity index (χ3v) is 7.50. The summed E-state index contributed by atoms with van der Waals surface area (Å²) in [4.78, 5) is 12.2. The van der Waals surface area contributed by atoms with Gasteiger partial charge in [0.25, 0.3) is 0 Å². The van der Waals surface area contributed by atoms with E-state index in [1.54, 1.807) is 4.68 Å². The molecule has 0 aliphatic carbocycles. The number of benzene rings is 1. The van der Waals surface area contributed by atoms with Crippen molar-refractivity contribution in [2.45, 2.75) is 30.4 Å². The average molecular weight is 416 g/mol. The van der Waals surface area contributed by atoms with Crippen LogP contribution >= 0.6 is 23.4 Å². The number of tetrazole rings is 1. The van der Waals surface area contributed by atoms with Crippen LogP contribution in [-0.2, 0) is 14.6 Å². The Kier molecular flexibility index (Phi) is 5.54. The number of hydrogen-bond donors (Lipinski definition) is 1. The first-order valence-electron chi connectivity index (χ1n) is 7.88. The lowest BCUT2D eigenvalue weighted by Gasteiger charge is -2.14. The van der Waals surface area contributed by atoms with Gasteiger partial charge < -0.3 is 5.32 Å². The lowest BCUT2D eigenvalue weighted by atomic mass is 10.1. The predicted molar refractivity (Wildman–Crippen MR) is 99.6 cm³/mol. The van der Waals surface area contributed by atoms with Crippen molar-refractivity contribution in [1.82, 2.24) is 25.5 Å². The summed E-state index contributed by atoms with van der Waals surface area (Å²) in [5.41, 5.74) is 3.01. The van der Waals surface area contributed by atoms with E-state index >= 15 is 0 Å². The number of aryl methyl sites for hydroxylation is 1. The molecule has 8 nitrogen and oxygen atoms in total. The van der Waals surface area contributed by atoms with Crippen molar-refractivity contribution in [3.8, 4) is 5.69 Å². The molecule has 2 aromatic rings. The van der Waals surface area contributed by atoms with Gasteiger partial charge in [0, 0.05) is 0 Å². The first kappa shape index (κ1) is 19.1. The van der Waals surface area contributed by atoms with Crippen LogP contribution in [0.5, 0.6) is 0 Å². The number of hydrogen-bond acceptors (Lipinski definition) is 7. The SMILES string of the molecule is Cc1cccc(-n2nnnc2SCC(=O)N[C@@H]2CS(=O)(=O)C[C@@H]2Cl)c1C. The van der Waals surface area contributed by atoms with E-state index in [1.165, 1.54) is 11.8 Å². The number of rotatable bonds is 5. The van der Waals surface area contributed by atoms with Gasteiger partial charge in [0.15, 0.2) is 9.84 Å². The van der Waals surface area contributed by atoms with Crippen molar-refractivity contribution in [3.05, 3.63) is 29.3 Å². The minimum absolute atomic E-state index is 0.0609. The van der Waals surface area contributed by atoms with Gasteiger partial charge in [-0.05, 0) is 41.5 Å². The topological polar surface area (TPSA) is 107 Å². The molecule has 2 atom stereocenters. The standard InChI is InChI=1S/C15H18ClN5O3S2/c1-9-4-3-5-13(10(9)2)21-15(18-19-20-21)25-6-14(22)17-12-8-26(23,24)7-11(12)16/h3-5,11-12H,6-8H2,1-2H3,(H,17,22)/t11-,12+/m0/s1. The van der Waals surface area contributed by atoms with Crippen LogP contribution in [0.25, 0.3) is 5.69 Å². The molecule has 1 fully saturated rings. The highest BCUT2D eigenvalue weighted by atomic mass is 35.5. The van der Waals surface area contributed by atoms with E-state index in [4.69, 9.17) is 11.6 Å². The molecule has 1 amide bonds. The van der Waals surface area contributed by atoms with Crippen LogP contribution in [0.4, 0.5) is 0 Å². The number of sulfone groups is 1.